The van der Waals surface area contributed by atoms with Gasteiger partial charge < -0.3 is 14.8 Å². The number of pyridine rings is 1. The van der Waals surface area contributed by atoms with Gasteiger partial charge in [-0.1, -0.05) is 6.07 Å². The summed E-state index contributed by atoms with van der Waals surface area (Å²) in [6.07, 6.45) is 3.90. The van der Waals surface area contributed by atoms with Gasteiger partial charge in [0.1, 0.15) is 17.4 Å². The number of aryl methyl sites for hydroxylation is 1. The lowest BCUT2D eigenvalue weighted by Gasteiger charge is -2.12. The highest BCUT2D eigenvalue weighted by atomic mass is 32.2. The Labute approximate surface area is 126 Å². The summed E-state index contributed by atoms with van der Waals surface area (Å²) in [6.45, 7) is 1.91. The number of carboxylic acids is 1. The Bertz CT molecular complexity index is 669. The molecule has 21 heavy (non-hydrogen) atoms. The molecule has 0 spiro atoms. The molecule has 0 fully saturated rings. The van der Waals surface area contributed by atoms with Gasteiger partial charge in [-0.15, -0.1) is 0 Å². The number of rotatable bonds is 6. The molecule has 0 radical (unpaired) electrons. The first-order valence-corrected chi connectivity index (χ1v) is 7.89. The first-order chi connectivity index (χ1) is 10.0. The molecule has 1 unspecified atom stereocenters. The Morgan fingerprint density at radius 2 is 2.24 bits per heavy atom. The van der Waals surface area contributed by atoms with Crippen molar-refractivity contribution < 1.29 is 14.7 Å². The van der Waals surface area contributed by atoms with Gasteiger partial charge in [-0.05, 0) is 37.5 Å². The van der Waals surface area contributed by atoms with Crippen LogP contribution in [-0.2, 0) is 4.79 Å². The first kappa shape index (κ1) is 15.4. The molecule has 7 heteroatoms. The molecular weight excluding hydrogens is 290 g/mol. The van der Waals surface area contributed by atoms with Crippen LogP contribution in [0.1, 0.15) is 22.6 Å². The van der Waals surface area contributed by atoms with Gasteiger partial charge in [0.2, 0.25) is 0 Å². The quantitative estimate of drug-likeness (QED) is 0.846. The maximum Gasteiger partial charge on any atom is 0.326 e. The molecule has 112 valence electrons. The minimum absolute atomic E-state index is 0.222. The Morgan fingerprint density at radius 3 is 2.86 bits per heavy atom. The smallest absolute Gasteiger partial charge is 0.326 e. The van der Waals surface area contributed by atoms with E-state index in [4.69, 9.17) is 5.11 Å². The lowest BCUT2D eigenvalue weighted by Crippen LogP contribution is -2.41. The molecule has 0 aromatic carbocycles. The second-order valence-electron chi connectivity index (χ2n) is 4.67. The lowest BCUT2D eigenvalue weighted by molar-refractivity contribution is -0.139. The molecule has 2 aromatic heterocycles. The van der Waals surface area contributed by atoms with E-state index in [0.717, 1.165) is 5.69 Å². The first-order valence-electron chi connectivity index (χ1n) is 6.50. The molecule has 0 aliphatic heterocycles. The minimum Gasteiger partial charge on any atom is -0.480 e. The van der Waals surface area contributed by atoms with E-state index < -0.39 is 17.9 Å². The van der Waals surface area contributed by atoms with Gasteiger partial charge in [-0.25, -0.2) is 9.78 Å². The van der Waals surface area contributed by atoms with Crippen molar-refractivity contribution in [2.24, 2.45) is 0 Å². The van der Waals surface area contributed by atoms with E-state index >= 15 is 0 Å². The Balaban J connectivity index is 2.17. The van der Waals surface area contributed by atoms with Crippen LogP contribution in [0.5, 0.6) is 0 Å². The third-order valence-corrected chi connectivity index (χ3v) is 3.79. The zero-order chi connectivity index (χ0) is 15.4. The van der Waals surface area contributed by atoms with E-state index in [2.05, 4.69) is 10.3 Å². The number of imidazole rings is 1. The van der Waals surface area contributed by atoms with Crippen LogP contribution >= 0.6 is 11.8 Å². The summed E-state index contributed by atoms with van der Waals surface area (Å²) < 4.78 is 1.80. The fourth-order valence-corrected chi connectivity index (χ4v) is 2.45. The van der Waals surface area contributed by atoms with Gasteiger partial charge in [0.05, 0.1) is 0 Å². The Morgan fingerprint density at radius 1 is 1.48 bits per heavy atom. The summed E-state index contributed by atoms with van der Waals surface area (Å²) >= 11 is 1.54. The summed E-state index contributed by atoms with van der Waals surface area (Å²) in [6, 6.07) is 4.68. The number of carboxylic acid groups (broad SMARTS) is 1. The van der Waals surface area contributed by atoms with E-state index in [0.29, 0.717) is 17.8 Å². The molecule has 2 aromatic rings. The number of hydrogen-bond acceptors (Lipinski definition) is 4. The number of nitrogens with zero attached hydrogens (tertiary/aromatic N) is 2. The summed E-state index contributed by atoms with van der Waals surface area (Å²) in [5.74, 6) is -0.828. The topological polar surface area (TPSA) is 83.7 Å². The number of hydrogen-bond donors (Lipinski definition) is 2. The number of nitrogens with one attached hydrogen (secondary N) is 1. The molecule has 0 bridgehead atoms. The van der Waals surface area contributed by atoms with Crippen LogP contribution in [-0.4, -0.2) is 44.4 Å². The largest absolute Gasteiger partial charge is 0.480 e. The van der Waals surface area contributed by atoms with E-state index in [1.54, 1.807) is 28.4 Å². The van der Waals surface area contributed by atoms with E-state index in [-0.39, 0.29) is 5.69 Å². The van der Waals surface area contributed by atoms with Crippen LogP contribution in [0.25, 0.3) is 5.65 Å². The maximum absolute atomic E-state index is 12.1. The number of fused-ring (bicyclic) bond motifs is 1. The zero-order valence-corrected chi connectivity index (χ0v) is 12.7. The van der Waals surface area contributed by atoms with Gasteiger partial charge in [0.25, 0.3) is 5.91 Å². The molecule has 0 saturated carbocycles. The fourth-order valence-electron chi connectivity index (χ4n) is 1.98. The predicted octanol–water partition coefficient (Wildman–Crippen LogP) is 1.58. The maximum atomic E-state index is 12.1. The normalized spacial score (nSPS) is 12.3. The van der Waals surface area contributed by atoms with Crippen LogP contribution in [0.15, 0.2) is 24.4 Å². The predicted molar refractivity (Wildman–Crippen MR) is 81.8 cm³/mol. The van der Waals surface area contributed by atoms with Crippen molar-refractivity contribution in [1.82, 2.24) is 14.7 Å². The molecule has 2 N–H and O–H groups in total. The third-order valence-electron chi connectivity index (χ3n) is 3.14. The number of aliphatic carboxylic acids is 1. The van der Waals surface area contributed by atoms with Crippen molar-refractivity contribution >= 4 is 29.3 Å². The van der Waals surface area contributed by atoms with Gasteiger partial charge in [0, 0.05) is 11.9 Å². The zero-order valence-electron chi connectivity index (χ0n) is 11.9. The van der Waals surface area contributed by atoms with E-state index in [1.165, 1.54) is 0 Å². The van der Waals surface area contributed by atoms with Crippen LogP contribution in [0, 0.1) is 6.92 Å². The molecule has 0 saturated heterocycles. The molecular formula is C14H17N3O3S. The standard InChI is InChI=1S/C14H17N3O3S/c1-9-4-3-5-12-15-11(8-17(9)12)13(18)16-10(14(19)20)6-7-21-2/h3-5,8,10H,6-7H2,1-2H3,(H,16,18)(H,19,20). The highest BCUT2D eigenvalue weighted by Crippen LogP contribution is 2.09. The Kier molecular flexibility index (Phi) is 4.85. The van der Waals surface area contributed by atoms with Crippen molar-refractivity contribution in [2.75, 3.05) is 12.0 Å². The number of carbonyl (C=O) groups is 2. The number of aromatic nitrogens is 2. The summed E-state index contributed by atoms with van der Waals surface area (Å²) in [7, 11) is 0. The van der Waals surface area contributed by atoms with Crippen molar-refractivity contribution in [1.29, 1.82) is 0 Å². The number of carbonyl (C=O) groups excluding carboxylic acids is 1. The average Bonchev–Trinajstić information content (AvgIpc) is 2.88. The molecule has 2 heterocycles. The van der Waals surface area contributed by atoms with E-state index in [9.17, 15) is 9.59 Å². The van der Waals surface area contributed by atoms with Gasteiger partial charge >= 0.3 is 5.97 Å². The fraction of sp³-hybridized carbons (Fsp3) is 0.357. The molecule has 0 aliphatic rings. The number of amides is 1. The molecule has 1 amide bonds. The van der Waals surface area contributed by atoms with Gasteiger partial charge in [-0.3, -0.25) is 4.79 Å². The van der Waals surface area contributed by atoms with Crippen LogP contribution < -0.4 is 5.32 Å². The van der Waals surface area contributed by atoms with Gasteiger partial charge in [-0.2, -0.15) is 11.8 Å². The van der Waals surface area contributed by atoms with Crippen LogP contribution in [0.3, 0.4) is 0 Å². The van der Waals surface area contributed by atoms with Crippen molar-refractivity contribution in [3.8, 4) is 0 Å². The number of thioether (sulfide) groups is 1. The molecule has 0 aliphatic carbocycles. The van der Waals surface area contributed by atoms with Crippen molar-refractivity contribution in [3.63, 3.8) is 0 Å². The third kappa shape index (κ3) is 3.55. The van der Waals surface area contributed by atoms with Crippen LogP contribution in [0.4, 0.5) is 0 Å². The summed E-state index contributed by atoms with van der Waals surface area (Å²) in [5.41, 5.74) is 1.84. The molecule has 2 rings (SSSR count). The SMILES string of the molecule is CSCCC(NC(=O)c1cn2c(C)cccc2n1)C(=O)O. The highest BCUT2D eigenvalue weighted by molar-refractivity contribution is 7.98. The summed E-state index contributed by atoms with van der Waals surface area (Å²) in [4.78, 5) is 27.5. The minimum atomic E-state index is -1.03. The summed E-state index contributed by atoms with van der Waals surface area (Å²) in [5, 5.41) is 11.7. The Hall–Kier alpha value is -2.02. The van der Waals surface area contributed by atoms with Gasteiger partial charge in [0.15, 0.2) is 0 Å². The van der Waals surface area contributed by atoms with Crippen LogP contribution in [0.2, 0.25) is 0 Å². The van der Waals surface area contributed by atoms with E-state index in [1.807, 2.05) is 25.3 Å². The monoisotopic (exact) mass is 307 g/mol. The second kappa shape index (κ2) is 6.62. The second-order valence-corrected chi connectivity index (χ2v) is 5.65. The highest BCUT2D eigenvalue weighted by Gasteiger charge is 2.21. The molecule has 6 nitrogen and oxygen atoms in total. The molecule has 1 atom stereocenters. The lowest BCUT2D eigenvalue weighted by atomic mass is 10.2. The van der Waals surface area contributed by atoms with Crippen molar-refractivity contribution in [3.05, 3.63) is 35.8 Å². The average molecular weight is 307 g/mol. The van der Waals surface area contributed by atoms with Crippen molar-refractivity contribution in [2.45, 2.75) is 19.4 Å².